The molecule has 1 atom stereocenters. The number of carbonyl (C=O) groups excluding carboxylic acids is 4. The monoisotopic (exact) mass is 560 g/mol. The van der Waals surface area contributed by atoms with Crippen LogP contribution in [-0.2, 0) is 14.3 Å². The van der Waals surface area contributed by atoms with Gasteiger partial charge < -0.3 is 14.8 Å². The number of nitrogens with one attached hydrogen (secondary N) is 1. The number of methoxy groups -OCH3 is 1. The molecule has 1 N–H and O–H groups in total. The summed E-state index contributed by atoms with van der Waals surface area (Å²) in [6.45, 7) is 1.25. The largest absolute Gasteiger partial charge is 0.497 e. The summed E-state index contributed by atoms with van der Waals surface area (Å²) in [4.78, 5) is 52.2. The van der Waals surface area contributed by atoms with Crippen LogP contribution in [0.4, 0.5) is 5.69 Å². The molecule has 0 spiro atoms. The highest BCUT2D eigenvalue weighted by Crippen LogP contribution is 2.45. The van der Waals surface area contributed by atoms with Crippen LogP contribution in [0.5, 0.6) is 5.75 Å². The van der Waals surface area contributed by atoms with Crippen LogP contribution in [0, 0.1) is 0 Å². The van der Waals surface area contributed by atoms with Gasteiger partial charge in [-0.2, -0.15) is 0 Å². The summed E-state index contributed by atoms with van der Waals surface area (Å²) in [7, 11) is 1.52. The first-order chi connectivity index (χ1) is 16.6. The molecule has 0 radical (unpaired) electrons. The molecule has 0 bridgehead atoms. The Morgan fingerprint density at radius 3 is 1.97 bits per heavy atom. The molecule has 35 heavy (non-hydrogen) atoms. The number of hydrogen-bond acceptors (Lipinski definition) is 6. The van der Waals surface area contributed by atoms with E-state index in [2.05, 4.69) is 5.32 Å². The Hall–Kier alpha value is -2.52. The van der Waals surface area contributed by atoms with Crippen molar-refractivity contribution in [3.63, 3.8) is 0 Å². The van der Waals surface area contributed by atoms with Crippen molar-refractivity contribution < 1.29 is 28.7 Å². The Balaban J connectivity index is 1.78. The molecule has 1 aliphatic rings. The van der Waals surface area contributed by atoms with Crippen molar-refractivity contribution in [2.45, 2.75) is 32.2 Å². The SMILES string of the molecule is CCCC[C@H](C(=O)OCC(=O)Nc1ccc(OC)cc1)N1C(=O)c2c(Cl)c(Cl)c(Cl)c(Cl)c2C1=O. The van der Waals surface area contributed by atoms with Gasteiger partial charge in [-0.3, -0.25) is 19.3 Å². The summed E-state index contributed by atoms with van der Waals surface area (Å²) >= 11 is 24.4. The van der Waals surface area contributed by atoms with Crippen molar-refractivity contribution >= 4 is 75.8 Å². The number of anilines is 1. The van der Waals surface area contributed by atoms with Gasteiger partial charge >= 0.3 is 5.97 Å². The first kappa shape index (κ1) is 27.1. The molecule has 3 rings (SSSR count). The molecule has 186 valence electrons. The van der Waals surface area contributed by atoms with Gasteiger partial charge in [0.15, 0.2) is 6.61 Å². The van der Waals surface area contributed by atoms with Crippen LogP contribution in [-0.4, -0.2) is 48.3 Å². The van der Waals surface area contributed by atoms with Crippen LogP contribution < -0.4 is 10.1 Å². The number of nitrogens with zero attached hydrogens (tertiary/aromatic N) is 1. The fourth-order valence-corrected chi connectivity index (χ4v) is 4.52. The van der Waals surface area contributed by atoms with E-state index in [0.29, 0.717) is 24.3 Å². The molecule has 1 aliphatic heterocycles. The highest BCUT2D eigenvalue weighted by atomic mass is 35.5. The molecule has 2 aromatic carbocycles. The van der Waals surface area contributed by atoms with E-state index < -0.39 is 36.3 Å². The fourth-order valence-electron chi connectivity index (χ4n) is 3.50. The van der Waals surface area contributed by atoms with Gasteiger partial charge in [0.1, 0.15) is 11.8 Å². The summed E-state index contributed by atoms with van der Waals surface area (Å²) in [6, 6.07) is 5.23. The predicted octanol–water partition coefficient (Wildman–Crippen LogP) is 5.65. The van der Waals surface area contributed by atoms with Gasteiger partial charge in [0.05, 0.1) is 38.3 Å². The van der Waals surface area contributed by atoms with Crippen LogP contribution in [0.1, 0.15) is 46.9 Å². The lowest BCUT2D eigenvalue weighted by Crippen LogP contribution is -2.46. The molecule has 0 saturated carbocycles. The summed E-state index contributed by atoms with van der Waals surface area (Å²) < 4.78 is 10.2. The van der Waals surface area contributed by atoms with Gasteiger partial charge in [-0.1, -0.05) is 66.2 Å². The zero-order valence-electron chi connectivity index (χ0n) is 18.6. The third kappa shape index (κ3) is 5.51. The van der Waals surface area contributed by atoms with Crippen molar-refractivity contribution in [3.8, 4) is 5.75 Å². The number of carbonyl (C=O) groups is 4. The molecular formula is C23H20Cl4N2O6. The van der Waals surface area contributed by atoms with Crippen molar-refractivity contribution in [3.05, 3.63) is 55.5 Å². The molecule has 0 unspecified atom stereocenters. The Labute approximate surface area is 221 Å². The molecule has 0 aliphatic carbocycles. The van der Waals surface area contributed by atoms with Crippen LogP contribution in [0.25, 0.3) is 0 Å². The average Bonchev–Trinajstić information content (AvgIpc) is 3.11. The number of amides is 3. The minimum Gasteiger partial charge on any atom is -0.497 e. The van der Waals surface area contributed by atoms with Crippen molar-refractivity contribution in [1.29, 1.82) is 0 Å². The van der Waals surface area contributed by atoms with E-state index >= 15 is 0 Å². The second kappa shape index (κ2) is 11.5. The number of fused-ring (bicyclic) bond motifs is 1. The lowest BCUT2D eigenvalue weighted by Gasteiger charge is -2.24. The van der Waals surface area contributed by atoms with E-state index in [1.54, 1.807) is 24.3 Å². The minimum atomic E-state index is -1.30. The van der Waals surface area contributed by atoms with Gasteiger partial charge in [0, 0.05) is 5.69 Å². The number of unbranched alkanes of at least 4 members (excludes halogenated alkanes) is 1. The topological polar surface area (TPSA) is 102 Å². The highest BCUT2D eigenvalue weighted by molar-refractivity contribution is 6.55. The quantitative estimate of drug-likeness (QED) is 0.184. The first-order valence-electron chi connectivity index (χ1n) is 10.5. The number of ether oxygens (including phenoxy) is 2. The fraction of sp³-hybridized carbons (Fsp3) is 0.304. The van der Waals surface area contributed by atoms with E-state index in [1.807, 2.05) is 6.92 Å². The molecule has 3 amide bonds. The van der Waals surface area contributed by atoms with Gasteiger partial charge in [-0.15, -0.1) is 0 Å². The lowest BCUT2D eigenvalue weighted by molar-refractivity contribution is -0.151. The lowest BCUT2D eigenvalue weighted by atomic mass is 10.1. The maximum Gasteiger partial charge on any atom is 0.329 e. The molecule has 8 nitrogen and oxygen atoms in total. The average molecular weight is 562 g/mol. The van der Waals surface area contributed by atoms with E-state index in [9.17, 15) is 19.2 Å². The molecule has 12 heteroatoms. The van der Waals surface area contributed by atoms with Crippen LogP contribution >= 0.6 is 46.4 Å². The Kier molecular flexibility index (Phi) is 8.88. The van der Waals surface area contributed by atoms with Gasteiger partial charge in [0.25, 0.3) is 17.7 Å². The summed E-state index contributed by atoms with van der Waals surface area (Å²) in [6.07, 6.45) is 1.27. The smallest absolute Gasteiger partial charge is 0.329 e. The number of rotatable bonds is 9. The minimum absolute atomic E-state index is 0.109. The van der Waals surface area contributed by atoms with Crippen LogP contribution in [0.2, 0.25) is 20.1 Å². The maximum atomic E-state index is 13.1. The normalized spacial score (nSPS) is 13.5. The third-order valence-corrected chi connectivity index (χ3v) is 7.07. The Morgan fingerprint density at radius 2 is 1.49 bits per heavy atom. The number of esters is 1. The number of imide groups is 1. The molecular weight excluding hydrogens is 542 g/mol. The number of hydrogen-bond donors (Lipinski definition) is 1. The van der Waals surface area contributed by atoms with Crippen molar-refractivity contribution in [2.24, 2.45) is 0 Å². The predicted molar refractivity (Wildman–Crippen MR) is 133 cm³/mol. The van der Waals surface area contributed by atoms with E-state index in [-0.39, 0.29) is 37.6 Å². The number of benzene rings is 2. The van der Waals surface area contributed by atoms with Gasteiger partial charge in [-0.05, 0) is 30.7 Å². The number of halogens is 4. The van der Waals surface area contributed by atoms with E-state index in [4.69, 9.17) is 55.9 Å². The van der Waals surface area contributed by atoms with Crippen molar-refractivity contribution in [2.75, 3.05) is 19.0 Å². The zero-order chi connectivity index (χ0) is 25.9. The van der Waals surface area contributed by atoms with Gasteiger partial charge in [-0.25, -0.2) is 4.79 Å². The second-order valence-electron chi connectivity index (χ2n) is 7.53. The Morgan fingerprint density at radius 1 is 0.943 bits per heavy atom. The van der Waals surface area contributed by atoms with Crippen LogP contribution in [0.15, 0.2) is 24.3 Å². The van der Waals surface area contributed by atoms with Gasteiger partial charge in [0.2, 0.25) is 0 Å². The second-order valence-corrected chi connectivity index (χ2v) is 9.04. The standard InChI is InChI=1S/C23H20Cl4N2O6/c1-3-4-5-13(23(33)35-10-14(30)28-11-6-8-12(34-2)9-7-11)29-21(31)15-16(22(29)32)18(25)20(27)19(26)17(15)24/h6-9,13H,3-5,10H2,1-2H3,(H,28,30)/t13-/m1/s1. The molecule has 2 aromatic rings. The zero-order valence-corrected chi connectivity index (χ0v) is 21.6. The van der Waals surface area contributed by atoms with Crippen molar-refractivity contribution in [1.82, 2.24) is 4.90 Å². The van der Waals surface area contributed by atoms with Crippen LogP contribution in [0.3, 0.4) is 0 Å². The van der Waals surface area contributed by atoms with E-state index in [0.717, 1.165) is 4.90 Å². The third-order valence-electron chi connectivity index (χ3n) is 5.27. The summed E-state index contributed by atoms with van der Waals surface area (Å²) in [5.41, 5.74) is -0.00185. The highest BCUT2D eigenvalue weighted by Gasteiger charge is 2.47. The van der Waals surface area contributed by atoms with E-state index in [1.165, 1.54) is 7.11 Å². The Bertz CT molecular complexity index is 1140. The molecule has 0 fully saturated rings. The maximum absolute atomic E-state index is 13.1. The molecule has 1 heterocycles. The summed E-state index contributed by atoms with van der Waals surface area (Å²) in [5, 5.41) is 1.75. The molecule has 0 saturated heterocycles. The molecule has 0 aromatic heterocycles. The first-order valence-corrected chi connectivity index (χ1v) is 12.0. The summed E-state index contributed by atoms with van der Waals surface area (Å²) in [5.74, 6) is -2.63.